The first-order valence-electron chi connectivity index (χ1n) is 9.98. The van der Waals surface area contributed by atoms with Gasteiger partial charge in [0.25, 0.3) is 5.69 Å². The Morgan fingerprint density at radius 1 is 1.38 bits per heavy atom. The molecule has 11 heteroatoms. The van der Waals surface area contributed by atoms with Gasteiger partial charge in [0.15, 0.2) is 5.17 Å². The molecule has 1 amide bonds. The highest BCUT2D eigenvalue weighted by molar-refractivity contribution is 8.16. The Hall–Kier alpha value is -3.18. The highest BCUT2D eigenvalue weighted by Crippen LogP contribution is 2.45. The molecule has 0 spiro atoms. The molecule has 10 nitrogen and oxygen atoms in total. The molecule has 0 aromatic heterocycles. The summed E-state index contributed by atoms with van der Waals surface area (Å²) in [5.74, 6) is -0.762. The molecule has 3 rings (SSSR count). The van der Waals surface area contributed by atoms with E-state index >= 15 is 0 Å². The molecule has 0 saturated heterocycles. The number of carbonyl (C=O) groups is 2. The Bertz CT molecular complexity index is 1020. The number of methoxy groups -OCH3 is 1. The van der Waals surface area contributed by atoms with E-state index in [-0.39, 0.29) is 30.2 Å². The van der Waals surface area contributed by atoms with E-state index in [4.69, 9.17) is 9.47 Å². The normalized spacial score (nSPS) is 17.5. The minimum absolute atomic E-state index is 0.0519. The minimum atomic E-state index is -0.713. The van der Waals surface area contributed by atoms with Gasteiger partial charge in [-0.1, -0.05) is 23.9 Å². The standard InChI is InChI=1S/C21H24N4O6S/c1-4-31-20(27)18-13(2)23-21-24(16(12-32-21)11-17(26)22-8-9-30-3)19(18)14-6-5-7-15(10-14)25(28)29/h5-7,10,12,19H,4,8-9,11H2,1-3H3,(H,22,26)/t19-/m0/s1. The maximum absolute atomic E-state index is 12.9. The summed E-state index contributed by atoms with van der Waals surface area (Å²) in [5, 5.41) is 16.5. The smallest absolute Gasteiger partial charge is 0.338 e. The number of rotatable bonds is 9. The first-order valence-corrected chi connectivity index (χ1v) is 10.9. The first kappa shape index (κ1) is 23.5. The fourth-order valence-electron chi connectivity index (χ4n) is 3.48. The van der Waals surface area contributed by atoms with Crippen LogP contribution in [0.4, 0.5) is 5.69 Å². The molecular formula is C21H24N4O6S. The van der Waals surface area contributed by atoms with E-state index in [0.29, 0.717) is 35.3 Å². The van der Waals surface area contributed by atoms with Crippen molar-refractivity contribution in [2.24, 2.45) is 4.99 Å². The van der Waals surface area contributed by atoms with Crippen molar-refractivity contribution in [1.82, 2.24) is 10.2 Å². The number of thioether (sulfide) groups is 1. The molecule has 32 heavy (non-hydrogen) atoms. The SMILES string of the molecule is CCOC(=O)C1=C(C)N=C2SC=C(CC(=O)NCCOC)N2[C@H]1c1cccc([N+](=O)[O-])c1. The van der Waals surface area contributed by atoms with Crippen molar-refractivity contribution in [2.75, 3.05) is 26.9 Å². The van der Waals surface area contributed by atoms with Crippen molar-refractivity contribution in [1.29, 1.82) is 0 Å². The van der Waals surface area contributed by atoms with Gasteiger partial charge in [0, 0.05) is 31.5 Å². The molecule has 1 aromatic rings. The maximum Gasteiger partial charge on any atom is 0.338 e. The zero-order valence-electron chi connectivity index (χ0n) is 18.0. The molecule has 0 bridgehead atoms. The highest BCUT2D eigenvalue weighted by atomic mass is 32.2. The summed E-state index contributed by atoms with van der Waals surface area (Å²) in [6.45, 7) is 4.35. The lowest BCUT2D eigenvalue weighted by atomic mass is 9.93. The molecule has 170 valence electrons. The van der Waals surface area contributed by atoms with Crippen molar-refractivity contribution in [3.8, 4) is 0 Å². The highest BCUT2D eigenvalue weighted by Gasteiger charge is 2.41. The number of nitro benzene ring substituents is 1. The van der Waals surface area contributed by atoms with Gasteiger partial charge in [0.05, 0.1) is 41.9 Å². The van der Waals surface area contributed by atoms with Crippen LogP contribution in [0.2, 0.25) is 0 Å². The molecule has 0 fully saturated rings. The van der Waals surface area contributed by atoms with Gasteiger partial charge < -0.3 is 19.7 Å². The Kier molecular flexibility index (Phi) is 7.65. The predicted octanol–water partition coefficient (Wildman–Crippen LogP) is 2.89. The lowest BCUT2D eigenvalue weighted by molar-refractivity contribution is -0.384. The van der Waals surface area contributed by atoms with Gasteiger partial charge in [0.2, 0.25) is 5.91 Å². The van der Waals surface area contributed by atoms with E-state index < -0.39 is 16.9 Å². The van der Waals surface area contributed by atoms with Crippen LogP contribution in [-0.2, 0) is 19.1 Å². The van der Waals surface area contributed by atoms with Gasteiger partial charge in [-0.15, -0.1) is 0 Å². The summed E-state index contributed by atoms with van der Waals surface area (Å²) < 4.78 is 10.2. The zero-order valence-corrected chi connectivity index (χ0v) is 18.8. The fraction of sp³-hybridized carbons (Fsp3) is 0.381. The van der Waals surface area contributed by atoms with E-state index in [0.717, 1.165) is 0 Å². The van der Waals surface area contributed by atoms with Crippen LogP contribution in [0.1, 0.15) is 31.9 Å². The summed E-state index contributed by atoms with van der Waals surface area (Å²) >= 11 is 1.33. The van der Waals surface area contributed by atoms with Crippen molar-refractivity contribution in [3.63, 3.8) is 0 Å². The number of non-ortho nitro benzene ring substituents is 1. The number of nitrogens with zero attached hydrogens (tertiary/aromatic N) is 3. The monoisotopic (exact) mass is 460 g/mol. The van der Waals surface area contributed by atoms with Gasteiger partial charge in [-0.05, 0) is 24.8 Å². The number of aliphatic imine (C=N–C) groups is 1. The van der Waals surface area contributed by atoms with Crippen LogP contribution in [0.5, 0.6) is 0 Å². The van der Waals surface area contributed by atoms with Crippen LogP contribution in [0, 0.1) is 10.1 Å². The van der Waals surface area contributed by atoms with Crippen molar-refractivity contribution >= 4 is 34.5 Å². The van der Waals surface area contributed by atoms with E-state index in [1.165, 1.54) is 23.9 Å². The van der Waals surface area contributed by atoms with E-state index in [2.05, 4.69) is 10.3 Å². The first-order chi connectivity index (χ1) is 15.4. The largest absolute Gasteiger partial charge is 0.463 e. The molecule has 0 unspecified atom stereocenters. The predicted molar refractivity (Wildman–Crippen MR) is 120 cm³/mol. The number of fused-ring (bicyclic) bond motifs is 1. The molecule has 1 N–H and O–H groups in total. The average molecular weight is 461 g/mol. The number of amides is 1. The second kappa shape index (κ2) is 10.4. The zero-order chi connectivity index (χ0) is 23.3. The third-order valence-electron chi connectivity index (χ3n) is 4.86. The van der Waals surface area contributed by atoms with E-state index in [9.17, 15) is 19.7 Å². The number of hydrogen-bond donors (Lipinski definition) is 1. The number of carbonyl (C=O) groups excluding carboxylic acids is 2. The summed E-state index contributed by atoms with van der Waals surface area (Å²) in [5.41, 5.74) is 1.82. The molecule has 0 saturated carbocycles. The molecule has 2 aliphatic rings. The number of hydrogen-bond acceptors (Lipinski definition) is 9. The molecular weight excluding hydrogens is 436 g/mol. The number of nitrogens with one attached hydrogen (secondary N) is 1. The number of ether oxygens (including phenoxy) is 2. The lowest BCUT2D eigenvalue weighted by Crippen LogP contribution is -2.38. The van der Waals surface area contributed by atoms with Gasteiger partial charge in [0.1, 0.15) is 0 Å². The Balaban J connectivity index is 2.01. The number of amidine groups is 1. The Morgan fingerprint density at radius 3 is 2.84 bits per heavy atom. The van der Waals surface area contributed by atoms with Gasteiger partial charge in [-0.25, -0.2) is 9.79 Å². The number of esters is 1. The third kappa shape index (κ3) is 5.00. The average Bonchev–Trinajstić information content (AvgIpc) is 3.15. The van der Waals surface area contributed by atoms with Crippen LogP contribution in [0.3, 0.4) is 0 Å². The molecule has 2 aliphatic heterocycles. The maximum atomic E-state index is 12.9. The van der Waals surface area contributed by atoms with Crippen LogP contribution >= 0.6 is 11.8 Å². The van der Waals surface area contributed by atoms with Crippen LogP contribution in [0.15, 0.2) is 51.6 Å². The van der Waals surface area contributed by atoms with Crippen LogP contribution in [-0.4, -0.2) is 53.7 Å². The van der Waals surface area contributed by atoms with Gasteiger partial charge in [-0.2, -0.15) is 0 Å². The molecule has 1 aromatic carbocycles. The molecule has 0 radical (unpaired) electrons. The summed E-state index contributed by atoms with van der Waals surface area (Å²) in [7, 11) is 1.55. The quantitative estimate of drug-likeness (QED) is 0.258. The second-order valence-corrected chi connectivity index (χ2v) is 7.82. The summed E-state index contributed by atoms with van der Waals surface area (Å²) in [6.07, 6.45) is 0.0519. The van der Waals surface area contributed by atoms with Crippen molar-refractivity contribution in [2.45, 2.75) is 26.3 Å². The number of benzene rings is 1. The minimum Gasteiger partial charge on any atom is -0.463 e. The van der Waals surface area contributed by atoms with Crippen molar-refractivity contribution in [3.05, 3.63) is 62.3 Å². The van der Waals surface area contributed by atoms with Crippen LogP contribution in [0.25, 0.3) is 0 Å². The van der Waals surface area contributed by atoms with Gasteiger partial charge >= 0.3 is 5.97 Å². The lowest BCUT2D eigenvalue weighted by Gasteiger charge is -2.36. The second-order valence-electron chi connectivity index (χ2n) is 6.99. The number of nitro groups is 1. The molecule has 0 aliphatic carbocycles. The van der Waals surface area contributed by atoms with E-state index in [1.807, 2.05) is 0 Å². The van der Waals surface area contributed by atoms with Gasteiger partial charge in [-0.3, -0.25) is 14.9 Å². The molecule has 2 heterocycles. The Morgan fingerprint density at radius 2 is 2.16 bits per heavy atom. The van der Waals surface area contributed by atoms with Crippen molar-refractivity contribution < 1.29 is 24.0 Å². The Labute approximate surface area is 189 Å². The topological polar surface area (TPSA) is 123 Å². The third-order valence-corrected chi connectivity index (χ3v) is 5.75. The fourth-order valence-corrected chi connectivity index (χ4v) is 4.45. The summed E-state index contributed by atoms with van der Waals surface area (Å²) in [4.78, 5) is 42.5. The van der Waals surface area contributed by atoms with E-state index in [1.54, 1.807) is 43.4 Å². The summed E-state index contributed by atoms with van der Waals surface area (Å²) in [6, 6.07) is 5.39. The number of allylic oxidation sites excluding steroid dienone is 1. The molecule has 1 atom stereocenters. The van der Waals surface area contributed by atoms with Crippen LogP contribution < -0.4 is 5.32 Å².